The van der Waals surface area contributed by atoms with Gasteiger partial charge in [-0.3, -0.25) is 0 Å². The van der Waals surface area contributed by atoms with Gasteiger partial charge in [0.2, 0.25) is 0 Å². The zero-order valence-corrected chi connectivity index (χ0v) is 8.35. The summed E-state index contributed by atoms with van der Waals surface area (Å²) in [6, 6.07) is 10.6. The van der Waals surface area contributed by atoms with Crippen molar-refractivity contribution in [3.05, 3.63) is 36.0 Å². The zero-order chi connectivity index (χ0) is 9.10. The highest BCUT2D eigenvalue weighted by atomic mass is 32.1. The lowest BCUT2D eigenvalue weighted by atomic mass is 10.2. The summed E-state index contributed by atoms with van der Waals surface area (Å²) in [6.07, 6.45) is 2.23. The second kappa shape index (κ2) is 3.88. The number of aryl methyl sites for hydroxylation is 1. The number of aromatic amines is 1. The molecule has 0 fully saturated rings. The quantitative estimate of drug-likeness (QED) is 0.694. The first kappa shape index (κ1) is 8.70. The van der Waals surface area contributed by atoms with Crippen LogP contribution in [0.5, 0.6) is 0 Å². The van der Waals surface area contributed by atoms with Gasteiger partial charge in [0.1, 0.15) is 0 Å². The third kappa shape index (κ3) is 1.89. The first-order valence-corrected chi connectivity index (χ1v) is 5.21. The summed E-state index contributed by atoms with van der Waals surface area (Å²) in [7, 11) is 0. The highest BCUT2D eigenvalue weighted by molar-refractivity contribution is 7.80. The number of rotatable bonds is 3. The van der Waals surface area contributed by atoms with Crippen molar-refractivity contribution in [1.82, 2.24) is 4.98 Å². The molecule has 1 aromatic carbocycles. The molecule has 2 heteroatoms. The Labute approximate surface area is 83.6 Å². The second-order valence-corrected chi connectivity index (χ2v) is 3.66. The van der Waals surface area contributed by atoms with Gasteiger partial charge in [-0.2, -0.15) is 12.6 Å². The van der Waals surface area contributed by atoms with Crippen molar-refractivity contribution in [3.63, 3.8) is 0 Å². The van der Waals surface area contributed by atoms with E-state index < -0.39 is 0 Å². The van der Waals surface area contributed by atoms with Gasteiger partial charge in [0.25, 0.3) is 0 Å². The molecule has 0 saturated carbocycles. The number of aromatic nitrogens is 1. The van der Waals surface area contributed by atoms with Crippen LogP contribution in [0.4, 0.5) is 0 Å². The number of hydrogen-bond donors (Lipinski definition) is 2. The summed E-state index contributed by atoms with van der Waals surface area (Å²) in [5, 5.41) is 1.30. The van der Waals surface area contributed by atoms with Crippen molar-refractivity contribution >= 4 is 23.5 Å². The third-order valence-electron chi connectivity index (χ3n) is 2.19. The van der Waals surface area contributed by atoms with E-state index >= 15 is 0 Å². The van der Waals surface area contributed by atoms with Gasteiger partial charge in [0.05, 0.1) is 0 Å². The van der Waals surface area contributed by atoms with Crippen LogP contribution in [-0.2, 0) is 6.42 Å². The maximum Gasteiger partial charge on any atom is 0.0456 e. The van der Waals surface area contributed by atoms with E-state index in [-0.39, 0.29) is 0 Å². The molecule has 0 unspecified atom stereocenters. The number of benzene rings is 1. The molecule has 2 rings (SSSR count). The summed E-state index contributed by atoms with van der Waals surface area (Å²) in [5.41, 5.74) is 2.55. The van der Waals surface area contributed by atoms with Gasteiger partial charge in [-0.05, 0) is 36.1 Å². The summed E-state index contributed by atoms with van der Waals surface area (Å²) in [5.74, 6) is 0.954. The van der Waals surface area contributed by atoms with E-state index in [0.717, 1.165) is 18.6 Å². The minimum absolute atomic E-state index is 0.954. The van der Waals surface area contributed by atoms with Gasteiger partial charge in [0.15, 0.2) is 0 Å². The van der Waals surface area contributed by atoms with Gasteiger partial charge in [-0.25, -0.2) is 0 Å². The molecule has 2 aromatic rings. The maximum absolute atomic E-state index is 4.20. The van der Waals surface area contributed by atoms with Crippen LogP contribution in [0.3, 0.4) is 0 Å². The second-order valence-electron chi connectivity index (χ2n) is 3.21. The van der Waals surface area contributed by atoms with E-state index in [4.69, 9.17) is 0 Å². The van der Waals surface area contributed by atoms with Crippen molar-refractivity contribution in [1.29, 1.82) is 0 Å². The molecule has 1 nitrogen and oxygen atoms in total. The van der Waals surface area contributed by atoms with Gasteiger partial charge < -0.3 is 4.98 Å². The molecular weight excluding hydrogens is 178 g/mol. The Bertz CT molecular complexity index is 359. The van der Waals surface area contributed by atoms with Crippen LogP contribution in [0.25, 0.3) is 10.9 Å². The van der Waals surface area contributed by atoms with Crippen LogP contribution >= 0.6 is 12.6 Å². The van der Waals surface area contributed by atoms with E-state index in [1.165, 1.54) is 16.6 Å². The van der Waals surface area contributed by atoms with E-state index in [1.54, 1.807) is 0 Å². The Morgan fingerprint density at radius 3 is 2.85 bits per heavy atom. The van der Waals surface area contributed by atoms with Crippen LogP contribution in [-0.4, -0.2) is 10.7 Å². The smallest absolute Gasteiger partial charge is 0.0456 e. The van der Waals surface area contributed by atoms with Crippen molar-refractivity contribution in [3.8, 4) is 0 Å². The number of thiol groups is 1. The zero-order valence-electron chi connectivity index (χ0n) is 7.46. The fourth-order valence-corrected chi connectivity index (χ4v) is 1.70. The van der Waals surface area contributed by atoms with E-state index in [2.05, 4.69) is 47.9 Å². The predicted octanol–water partition coefficient (Wildman–Crippen LogP) is 3.03. The average molecular weight is 191 g/mol. The minimum Gasteiger partial charge on any atom is -0.358 e. The van der Waals surface area contributed by atoms with Crippen molar-refractivity contribution in [2.45, 2.75) is 12.8 Å². The average Bonchev–Trinajstić information content (AvgIpc) is 2.57. The SMILES string of the molecule is SCCCc1cc2ccccc2[nH]1. The molecule has 0 bridgehead atoms. The monoisotopic (exact) mass is 191 g/mol. The molecule has 1 N–H and O–H groups in total. The van der Waals surface area contributed by atoms with Crippen LogP contribution in [0.2, 0.25) is 0 Å². The number of H-pyrrole nitrogens is 1. The highest BCUT2D eigenvalue weighted by Crippen LogP contribution is 2.15. The van der Waals surface area contributed by atoms with Crippen LogP contribution < -0.4 is 0 Å². The van der Waals surface area contributed by atoms with Gasteiger partial charge in [-0.1, -0.05) is 18.2 Å². The summed E-state index contributed by atoms with van der Waals surface area (Å²) in [6.45, 7) is 0. The molecule has 0 atom stereocenters. The molecule has 0 spiro atoms. The Morgan fingerprint density at radius 2 is 2.08 bits per heavy atom. The maximum atomic E-state index is 4.20. The van der Waals surface area contributed by atoms with E-state index in [0.29, 0.717) is 0 Å². The van der Waals surface area contributed by atoms with Gasteiger partial charge in [-0.15, -0.1) is 0 Å². The summed E-state index contributed by atoms with van der Waals surface area (Å²) >= 11 is 4.20. The Balaban J connectivity index is 2.28. The molecule has 0 aliphatic rings. The standard InChI is InChI=1S/C11H13NS/c13-7-3-5-10-8-9-4-1-2-6-11(9)12-10/h1-2,4,6,8,12-13H,3,5,7H2. The topological polar surface area (TPSA) is 15.8 Å². The molecule has 0 radical (unpaired) electrons. The Kier molecular flexibility index (Phi) is 2.60. The minimum atomic E-state index is 0.954. The lowest BCUT2D eigenvalue weighted by Gasteiger charge is -1.92. The predicted molar refractivity (Wildman–Crippen MR) is 60.5 cm³/mol. The first-order valence-electron chi connectivity index (χ1n) is 4.57. The van der Waals surface area contributed by atoms with Gasteiger partial charge >= 0.3 is 0 Å². The number of fused-ring (bicyclic) bond motifs is 1. The molecule has 0 aliphatic heterocycles. The molecule has 68 valence electrons. The van der Waals surface area contributed by atoms with E-state index in [9.17, 15) is 0 Å². The molecule has 1 heterocycles. The molecule has 0 amide bonds. The lowest BCUT2D eigenvalue weighted by molar-refractivity contribution is 0.909. The van der Waals surface area contributed by atoms with Crippen LogP contribution in [0.15, 0.2) is 30.3 Å². The molecular formula is C11H13NS. The van der Waals surface area contributed by atoms with Crippen molar-refractivity contribution in [2.75, 3.05) is 5.75 Å². The Hall–Kier alpha value is -0.890. The highest BCUT2D eigenvalue weighted by Gasteiger charge is 1.98. The summed E-state index contributed by atoms with van der Waals surface area (Å²) in [4.78, 5) is 3.40. The van der Waals surface area contributed by atoms with Crippen LogP contribution in [0.1, 0.15) is 12.1 Å². The lowest BCUT2D eigenvalue weighted by Crippen LogP contribution is -1.84. The number of nitrogens with one attached hydrogen (secondary N) is 1. The Morgan fingerprint density at radius 1 is 1.23 bits per heavy atom. The molecule has 1 aromatic heterocycles. The largest absolute Gasteiger partial charge is 0.358 e. The molecule has 0 saturated heterocycles. The van der Waals surface area contributed by atoms with Crippen molar-refractivity contribution in [2.24, 2.45) is 0 Å². The third-order valence-corrected chi connectivity index (χ3v) is 2.51. The van der Waals surface area contributed by atoms with Crippen molar-refractivity contribution < 1.29 is 0 Å². The van der Waals surface area contributed by atoms with E-state index in [1.807, 2.05) is 0 Å². The number of hydrogen-bond acceptors (Lipinski definition) is 1. The number of para-hydroxylation sites is 1. The van der Waals surface area contributed by atoms with Gasteiger partial charge in [0, 0.05) is 11.2 Å². The molecule has 0 aliphatic carbocycles. The molecule has 13 heavy (non-hydrogen) atoms. The summed E-state index contributed by atoms with van der Waals surface area (Å²) < 4.78 is 0. The fourth-order valence-electron chi connectivity index (χ4n) is 1.54. The van der Waals surface area contributed by atoms with Crippen LogP contribution in [0, 0.1) is 0 Å². The fraction of sp³-hybridized carbons (Fsp3) is 0.273. The first-order chi connectivity index (χ1) is 6.40. The normalized spacial score (nSPS) is 10.8.